The standard InChI is InChI=1S/C20H31Br/c1-17(2)13-6-8-19(5,10-13)15(17)16-18(3,4)14-7-9-20(16,11-14)12-21/h13-14H,6-12H2,1-5H3/b16-15+/t13-,14-,19+,20+/m0/s1. The fourth-order valence-corrected chi connectivity index (χ4v) is 8.11. The number of rotatable bonds is 1. The minimum atomic E-state index is 0.437. The summed E-state index contributed by atoms with van der Waals surface area (Å²) in [6, 6.07) is 0. The summed E-state index contributed by atoms with van der Waals surface area (Å²) in [5, 5.41) is 1.19. The highest BCUT2D eigenvalue weighted by molar-refractivity contribution is 9.09. The molecule has 0 nitrogen and oxygen atoms in total. The van der Waals surface area contributed by atoms with Crippen molar-refractivity contribution < 1.29 is 0 Å². The van der Waals surface area contributed by atoms with Gasteiger partial charge < -0.3 is 0 Å². The van der Waals surface area contributed by atoms with Gasteiger partial charge in [-0.05, 0) is 66.6 Å². The van der Waals surface area contributed by atoms with Crippen molar-refractivity contribution in [1.82, 2.24) is 0 Å². The van der Waals surface area contributed by atoms with E-state index in [1.54, 1.807) is 0 Å². The van der Waals surface area contributed by atoms with Crippen molar-refractivity contribution in [3.8, 4) is 0 Å². The van der Waals surface area contributed by atoms with Gasteiger partial charge in [-0.2, -0.15) is 0 Å². The summed E-state index contributed by atoms with van der Waals surface area (Å²) in [5.41, 5.74) is 5.72. The lowest BCUT2D eigenvalue weighted by atomic mass is 9.58. The van der Waals surface area contributed by atoms with Crippen LogP contribution in [0.3, 0.4) is 0 Å². The fourth-order valence-electron chi connectivity index (χ4n) is 7.32. The zero-order chi connectivity index (χ0) is 15.3. The molecule has 0 radical (unpaired) electrons. The van der Waals surface area contributed by atoms with Crippen LogP contribution < -0.4 is 0 Å². The number of fused-ring (bicyclic) bond motifs is 4. The number of allylic oxidation sites excluding steroid dienone is 2. The Morgan fingerprint density at radius 3 is 2.00 bits per heavy atom. The van der Waals surface area contributed by atoms with E-state index in [0.29, 0.717) is 21.7 Å². The van der Waals surface area contributed by atoms with E-state index in [0.717, 1.165) is 11.8 Å². The van der Waals surface area contributed by atoms with E-state index < -0.39 is 0 Å². The summed E-state index contributed by atoms with van der Waals surface area (Å²) in [5.74, 6) is 1.86. The van der Waals surface area contributed by atoms with E-state index in [4.69, 9.17) is 0 Å². The van der Waals surface area contributed by atoms with Gasteiger partial charge in [-0.1, -0.05) is 61.7 Å². The van der Waals surface area contributed by atoms with Crippen LogP contribution in [-0.4, -0.2) is 5.33 Å². The molecular formula is C20H31Br. The molecule has 0 unspecified atom stereocenters. The van der Waals surface area contributed by atoms with Gasteiger partial charge in [0.25, 0.3) is 0 Å². The third-order valence-corrected chi connectivity index (χ3v) is 9.39. The van der Waals surface area contributed by atoms with E-state index in [2.05, 4.69) is 50.5 Å². The van der Waals surface area contributed by atoms with Crippen molar-refractivity contribution >= 4 is 15.9 Å². The zero-order valence-corrected chi connectivity index (χ0v) is 16.1. The molecule has 4 aliphatic rings. The molecule has 4 fully saturated rings. The van der Waals surface area contributed by atoms with Gasteiger partial charge >= 0.3 is 0 Å². The molecule has 0 spiro atoms. The van der Waals surface area contributed by atoms with Gasteiger partial charge in [-0.25, -0.2) is 0 Å². The molecule has 4 atom stereocenters. The third kappa shape index (κ3) is 1.58. The molecule has 4 saturated carbocycles. The molecule has 0 aliphatic heterocycles. The van der Waals surface area contributed by atoms with Gasteiger partial charge in [0, 0.05) is 10.7 Å². The van der Waals surface area contributed by atoms with Crippen LogP contribution in [0, 0.1) is 33.5 Å². The Bertz CT molecular complexity index is 519. The van der Waals surface area contributed by atoms with Crippen molar-refractivity contribution in [2.45, 2.75) is 73.1 Å². The zero-order valence-electron chi connectivity index (χ0n) is 14.5. The van der Waals surface area contributed by atoms with Crippen LogP contribution in [0.4, 0.5) is 0 Å². The maximum Gasteiger partial charge on any atom is 0.0126 e. The van der Waals surface area contributed by atoms with E-state index in [9.17, 15) is 0 Å². The lowest BCUT2D eigenvalue weighted by Gasteiger charge is -2.47. The maximum atomic E-state index is 3.93. The minimum Gasteiger partial charge on any atom is -0.0919 e. The molecule has 21 heavy (non-hydrogen) atoms. The monoisotopic (exact) mass is 350 g/mol. The number of alkyl halides is 1. The molecule has 0 saturated heterocycles. The molecular weight excluding hydrogens is 320 g/mol. The quantitative estimate of drug-likeness (QED) is 0.381. The van der Waals surface area contributed by atoms with Gasteiger partial charge in [0.05, 0.1) is 0 Å². The average molecular weight is 351 g/mol. The Hall–Kier alpha value is 0.220. The lowest BCUT2D eigenvalue weighted by molar-refractivity contribution is 0.224. The fraction of sp³-hybridized carbons (Fsp3) is 0.900. The molecule has 0 amide bonds. The second kappa shape index (κ2) is 4.00. The van der Waals surface area contributed by atoms with Crippen LogP contribution in [0.2, 0.25) is 0 Å². The summed E-state index contributed by atoms with van der Waals surface area (Å²) in [6.07, 6.45) is 8.70. The highest BCUT2D eigenvalue weighted by Crippen LogP contribution is 2.74. The second-order valence-electron chi connectivity index (χ2n) is 10.0. The summed E-state index contributed by atoms with van der Waals surface area (Å²) in [4.78, 5) is 0. The van der Waals surface area contributed by atoms with E-state index >= 15 is 0 Å². The second-order valence-corrected chi connectivity index (χ2v) is 10.6. The molecule has 4 aliphatic carbocycles. The molecule has 0 aromatic heterocycles. The SMILES string of the molecule is CC1(C)/C(=C2/C(C)(C)[C@H]3CC[C@]2(CBr)C3)[C@]2(C)CC[C@H]1C2. The Morgan fingerprint density at radius 1 is 0.857 bits per heavy atom. The first-order valence-corrected chi connectivity index (χ1v) is 10.1. The first kappa shape index (κ1) is 14.8. The van der Waals surface area contributed by atoms with Crippen molar-refractivity contribution in [2.75, 3.05) is 5.33 Å². The topological polar surface area (TPSA) is 0 Å². The highest BCUT2D eigenvalue weighted by Gasteiger charge is 2.64. The summed E-state index contributed by atoms with van der Waals surface area (Å²) >= 11 is 3.93. The minimum absolute atomic E-state index is 0.437. The van der Waals surface area contributed by atoms with Gasteiger partial charge in [0.2, 0.25) is 0 Å². The molecule has 4 bridgehead atoms. The Labute approximate surface area is 139 Å². The Kier molecular flexibility index (Phi) is 2.82. The Balaban J connectivity index is 1.98. The van der Waals surface area contributed by atoms with E-state index in [1.807, 2.05) is 11.1 Å². The summed E-state index contributed by atoms with van der Waals surface area (Å²) < 4.78 is 0. The molecule has 1 heteroatoms. The number of hydrogen-bond acceptors (Lipinski definition) is 0. The predicted octanol–water partition coefficient (Wildman–Crippen LogP) is 6.35. The smallest absolute Gasteiger partial charge is 0.0126 e. The average Bonchev–Trinajstić information content (AvgIpc) is 3.07. The van der Waals surface area contributed by atoms with Crippen molar-refractivity contribution in [3.05, 3.63) is 11.1 Å². The first-order chi connectivity index (χ1) is 9.67. The molecule has 0 N–H and O–H groups in total. The number of hydrogen-bond donors (Lipinski definition) is 0. The molecule has 0 aromatic rings. The molecule has 4 rings (SSSR count). The normalized spacial score (nSPS) is 52.9. The maximum absolute atomic E-state index is 3.93. The largest absolute Gasteiger partial charge is 0.0919 e. The van der Waals surface area contributed by atoms with Gasteiger partial charge in [-0.3, -0.25) is 0 Å². The van der Waals surface area contributed by atoms with Crippen molar-refractivity contribution in [3.63, 3.8) is 0 Å². The van der Waals surface area contributed by atoms with Crippen LogP contribution in [0.15, 0.2) is 11.1 Å². The van der Waals surface area contributed by atoms with Crippen molar-refractivity contribution in [1.29, 1.82) is 0 Å². The van der Waals surface area contributed by atoms with Gasteiger partial charge in [-0.15, -0.1) is 0 Å². The van der Waals surface area contributed by atoms with E-state index in [-0.39, 0.29) is 0 Å². The van der Waals surface area contributed by atoms with Crippen LogP contribution >= 0.6 is 15.9 Å². The van der Waals surface area contributed by atoms with Crippen LogP contribution in [0.25, 0.3) is 0 Å². The predicted molar refractivity (Wildman–Crippen MR) is 93.6 cm³/mol. The lowest BCUT2D eigenvalue weighted by Crippen LogP contribution is -2.37. The van der Waals surface area contributed by atoms with Crippen LogP contribution in [0.1, 0.15) is 73.1 Å². The van der Waals surface area contributed by atoms with Gasteiger partial charge in [0.15, 0.2) is 0 Å². The Morgan fingerprint density at radius 2 is 1.43 bits per heavy atom. The van der Waals surface area contributed by atoms with Crippen LogP contribution in [-0.2, 0) is 0 Å². The molecule has 0 aromatic carbocycles. The van der Waals surface area contributed by atoms with E-state index in [1.165, 1.54) is 43.9 Å². The van der Waals surface area contributed by atoms with Crippen molar-refractivity contribution in [2.24, 2.45) is 33.5 Å². The molecule has 118 valence electrons. The van der Waals surface area contributed by atoms with Gasteiger partial charge in [0.1, 0.15) is 0 Å². The third-order valence-electron chi connectivity index (χ3n) is 8.32. The van der Waals surface area contributed by atoms with Crippen LogP contribution in [0.5, 0.6) is 0 Å². The summed E-state index contributed by atoms with van der Waals surface area (Å²) in [7, 11) is 0. The number of halogens is 1. The summed E-state index contributed by atoms with van der Waals surface area (Å²) in [6.45, 7) is 12.8. The molecule has 0 heterocycles. The highest BCUT2D eigenvalue weighted by atomic mass is 79.9. The first-order valence-electron chi connectivity index (χ1n) is 9.00.